The molecule has 0 radical (unpaired) electrons. The molecule has 2 aromatic carbocycles. The summed E-state index contributed by atoms with van der Waals surface area (Å²) >= 11 is 0. The van der Waals surface area contributed by atoms with Gasteiger partial charge in [0.25, 0.3) is 0 Å². The minimum absolute atomic E-state index is 0.0121. The molecule has 4 nitrogen and oxygen atoms in total. The molecule has 0 saturated heterocycles. The van der Waals surface area contributed by atoms with Crippen LogP contribution in [-0.4, -0.2) is 24.2 Å². The quantitative estimate of drug-likeness (QED) is 0.758. The molecule has 128 valence electrons. The summed E-state index contributed by atoms with van der Waals surface area (Å²) in [4.78, 5) is 11.6. The molecule has 1 atom stereocenters. The molecule has 0 aromatic heterocycles. The Morgan fingerprint density at radius 1 is 0.958 bits per heavy atom. The van der Waals surface area contributed by atoms with E-state index < -0.39 is 29.6 Å². The van der Waals surface area contributed by atoms with Crippen molar-refractivity contribution in [2.45, 2.75) is 12.5 Å². The zero-order valence-corrected chi connectivity index (χ0v) is 12.7. The molecule has 0 saturated carbocycles. The van der Waals surface area contributed by atoms with Crippen molar-refractivity contribution in [2.24, 2.45) is 0 Å². The average Bonchev–Trinajstić information content (AvgIpc) is 2.56. The number of aliphatic hydroxyl groups is 1. The van der Waals surface area contributed by atoms with Gasteiger partial charge in [-0.1, -0.05) is 24.3 Å². The highest BCUT2D eigenvalue weighted by molar-refractivity contribution is 5.73. The smallest absolute Gasteiger partial charge is 0.314 e. The van der Waals surface area contributed by atoms with Crippen molar-refractivity contribution in [3.8, 4) is 0 Å². The van der Waals surface area contributed by atoms with Crippen molar-refractivity contribution in [1.29, 1.82) is 0 Å². The summed E-state index contributed by atoms with van der Waals surface area (Å²) in [7, 11) is 0. The van der Waals surface area contributed by atoms with E-state index >= 15 is 0 Å². The maximum atomic E-state index is 13.5. The predicted molar refractivity (Wildman–Crippen MR) is 82.8 cm³/mol. The Balaban J connectivity index is 1.77. The van der Waals surface area contributed by atoms with Gasteiger partial charge in [-0.3, -0.25) is 0 Å². The molecule has 24 heavy (non-hydrogen) atoms. The highest BCUT2D eigenvalue weighted by Gasteiger charge is 2.13. The van der Waals surface area contributed by atoms with E-state index in [9.17, 15) is 23.1 Å². The first kappa shape index (κ1) is 17.8. The number of amides is 2. The lowest BCUT2D eigenvalue weighted by atomic mass is 10.1. The topological polar surface area (TPSA) is 61.4 Å². The van der Waals surface area contributed by atoms with Gasteiger partial charge < -0.3 is 15.7 Å². The van der Waals surface area contributed by atoms with Gasteiger partial charge in [0.15, 0.2) is 0 Å². The van der Waals surface area contributed by atoms with E-state index in [1.165, 1.54) is 24.3 Å². The van der Waals surface area contributed by atoms with Crippen LogP contribution >= 0.6 is 0 Å². The summed E-state index contributed by atoms with van der Waals surface area (Å²) < 4.78 is 40.3. The number of urea groups is 1. The number of carbonyl (C=O) groups excluding carboxylic acids is 1. The maximum absolute atomic E-state index is 13.5. The standard InChI is InChI=1S/C17H17F3N2O2/c18-13-6-3-7-14(19)11(13)8-9-21-17(24)22-10-16(23)12-4-1-2-5-15(12)20/h1-7,16,23H,8-10H2,(H2,21,22,24). The summed E-state index contributed by atoms with van der Waals surface area (Å²) in [5, 5.41) is 14.6. The molecule has 2 aromatic rings. The van der Waals surface area contributed by atoms with Crippen LogP contribution in [0, 0.1) is 17.5 Å². The Morgan fingerprint density at radius 2 is 1.58 bits per heavy atom. The summed E-state index contributed by atoms with van der Waals surface area (Å²) in [6.45, 7) is -0.180. The Kier molecular flexibility index (Phi) is 6.20. The van der Waals surface area contributed by atoms with Gasteiger partial charge >= 0.3 is 6.03 Å². The largest absolute Gasteiger partial charge is 0.386 e. The summed E-state index contributed by atoms with van der Waals surface area (Å²) in [5.41, 5.74) is -0.0320. The SMILES string of the molecule is O=C(NCCc1c(F)cccc1F)NCC(O)c1ccccc1F. The fourth-order valence-corrected chi connectivity index (χ4v) is 2.18. The molecule has 2 rings (SSSR count). The molecule has 3 N–H and O–H groups in total. The Hall–Kier alpha value is -2.54. The third-order valence-electron chi connectivity index (χ3n) is 3.44. The number of benzene rings is 2. The second-order valence-corrected chi connectivity index (χ2v) is 5.12. The van der Waals surface area contributed by atoms with Crippen molar-refractivity contribution < 1.29 is 23.1 Å². The van der Waals surface area contributed by atoms with Crippen molar-refractivity contribution >= 4 is 6.03 Å². The summed E-state index contributed by atoms with van der Waals surface area (Å²) in [6.07, 6.45) is -1.21. The first-order chi connectivity index (χ1) is 11.5. The average molecular weight is 338 g/mol. The number of hydrogen-bond donors (Lipinski definition) is 3. The van der Waals surface area contributed by atoms with E-state index in [0.29, 0.717) is 0 Å². The Morgan fingerprint density at radius 3 is 2.25 bits per heavy atom. The van der Waals surface area contributed by atoms with Crippen LogP contribution in [0.3, 0.4) is 0 Å². The van der Waals surface area contributed by atoms with Gasteiger partial charge in [0.05, 0.1) is 6.10 Å². The molecule has 1 unspecified atom stereocenters. The van der Waals surface area contributed by atoms with Gasteiger partial charge in [0.1, 0.15) is 17.5 Å². The van der Waals surface area contributed by atoms with Gasteiger partial charge in [-0.25, -0.2) is 18.0 Å². The monoisotopic (exact) mass is 338 g/mol. The van der Waals surface area contributed by atoms with Gasteiger partial charge in [0.2, 0.25) is 0 Å². The molecule has 0 aliphatic heterocycles. The first-order valence-corrected chi connectivity index (χ1v) is 7.36. The predicted octanol–water partition coefficient (Wildman–Crippen LogP) is 2.68. The van der Waals surface area contributed by atoms with Crippen LogP contribution in [0.4, 0.5) is 18.0 Å². The molecule has 2 amide bonds. The Labute approximate surface area is 137 Å². The third-order valence-corrected chi connectivity index (χ3v) is 3.44. The zero-order chi connectivity index (χ0) is 17.5. The number of carbonyl (C=O) groups is 1. The van der Waals surface area contributed by atoms with Crippen LogP contribution < -0.4 is 10.6 Å². The lowest BCUT2D eigenvalue weighted by molar-refractivity contribution is 0.169. The number of rotatable bonds is 6. The molecule has 0 aliphatic carbocycles. The van der Waals surface area contributed by atoms with E-state index in [1.807, 2.05) is 0 Å². The first-order valence-electron chi connectivity index (χ1n) is 7.36. The van der Waals surface area contributed by atoms with Gasteiger partial charge in [-0.2, -0.15) is 0 Å². The van der Waals surface area contributed by atoms with Crippen LogP contribution in [-0.2, 0) is 6.42 Å². The second kappa shape index (κ2) is 8.35. The van der Waals surface area contributed by atoms with Gasteiger partial charge in [0, 0.05) is 24.2 Å². The molecule has 0 heterocycles. The molecular formula is C17H17F3N2O2. The fourth-order valence-electron chi connectivity index (χ4n) is 2.18. The minimum atomic E-state index is -1.19. The van der Waals surface area contributed by atoms with Crippen LogP contribution in [0.5, 0.6) is 0 Å². The zero-order valence-electron chi connectivity index (χ0n) is 12.7. The minimum Gasteiger partial charge on any atom is -0.386 e. The van der Waals surface area contributed by atoms with Crippen LogP contribution in [0.25, 0.3) is 0 Å². The third kappa shape index (κ3) is 4.73. The number of halogens is 3. The normalized spacial score (nSPS) is 11.8. The van der Waals surface area contributed by atoms with E-state index in [-0.39, 0.29) is 30.6 Å². The molecule has 0 bridgehead atoms. The highest BCUT2D eigenvalue weighted by Crippen LogP contribution is 2.15. The van der Waals surface area contributed by atoms with Crippen molar-refractivity contribution in [2.75, 3.05) is 13.1 Å². The second-order valence-electron chi connectivity index (χ2n) is 5.12. The highest BCUT2D eigenvalue weighted by atomic mass is 19.1. The van der Waals surface area contributed by atoms with Crippen LogP contribution in [0.2, 0.25) is 0 Å². The lowest BCUT2D eigenvalue weighted by Gasteiger charge is -2.13. The van der Waals surface area contributed by atoms with Crippen molar-refractivity contribution in [3.63, 3.8) is 0 Å². The number of aliphatic hydroxyl groups excluding tert-OH is 1. The molecular weight excluding hydrogens is 321 g/mol. The Bertz CT molecular complexity index is 690. The maximum Gasteiger partial charge on any atom is 0.314 e. The molecule has 0 fully saturated rings. The summed E-state index contributed by atoms with van der Waals surface area (Å²) in [5.74, 6) is -1.92. The van der Waals surface area contributed by atoms with Gasteiger partial charge in [-0.15, -0.1) is 0 Å². The van der Waals surface area contributed by atoms with Crippen molar-refractivity contribution in [1.82, 2.24) is 10.6 Å². The lowest BCUT2D eigenvalue weighted by Crippen LogP contribution is -2.38. The van der Waals surface area contributed by atoms with Crippen LogP contribution in [0.15, 0.2) is 42.5 Å². The molecule has 0 spiro atoms. The molecule has 0 aliphatic rings. The van der Waals surface area contributed by atoms with E-state index in [4.69, 9.17) is 0 Å². The van der Waals surface area contributed by atoms with E-state index in [1.54, 1.807) is 6.07 Å². The number of nitrogens with one attached hydrogen (secondary N) is 2. The fraction of sp³-hybridized carbons (Fsp3) is 0.235. The van der Waals surface area contributed by atoms with Crippen LogP contribution in [0.1, 0.15) is 17.2 Å². The molecule has 7 heteroatoms. The van der Waals surface area contributed by atoms with Crippen molar-refractivity contribution in [3.05, 3.63) is 71.0 Å². The van der Waals surface area contributed by atoms with E-state index in [2.05, 4.69) is 10.6 Å². The van der Waals surface area contributed by atoms with E-state index in [0.717, 1.165) is 12.1 Å². The summed E-state index contributed by atoms with van der Waals surface area (Å²) in [6, 6.07) is 8.62. The van der Waals surface area contributed by atoms with Gasteiger partial charge in [-0.05, 0) is 24.6 Å². The number of hydrogen-bond acceptors (Lipinski definition) is 2.